The number of hydrogen-bond donors (Lipinski definition) is 2. The Bertz CT molecular complexity index is 421. The van der Waals surface area contributed by atoms with Gasteiger partial charge in [-0.2, -0.15) is 0 Å². The van der Waals surface area contributed by atoms with Gasteiger partial charge >= 0.3 is 0 Å². The summed E-state index contributed by atoms with van der Waals surface area (Å²) in [5, 5.41) is 6.03. The molecule has 0 unspecified atom stereocenters. The van der Waals surface area contributed by atoms with Crippen molar-refractivity contribution in [3.8, 4) is 0 Å². The minimum Gasteiger partial charge on any atom is -0.352 e. The van der Waals surface area contributed by atoms with Gasteiger partial charge in [0.05, 0.1) is 0 Å². The van der Waals surface area contributed by atoms with E-state index < -0.39 is 0 Å². The number of hydrogen-bond acceptors (Lipinski definition) is 2. The second-order valence-electron chi connectivity index (χ2n) is 4.90. The molecule has 19 heavy (non-hydrogen) atoms. The third-order valence-electron chi connectivity index (χ3n) is 3.50. The normalized spacial score (nSPS) is 13.3. The fraction of sp³-hybridized carbons (Fsp3) is 0.533. The smallest absolute Gasteiger partial charge is 0.251 e. The van der Waals surface area contributed by atoms with E-state index in [4.69, 9.17) is 0 Å². The van der Waals surface area contributed by atoms with Crippen molar-refractivity contribution in [3.05, 3.63) is 34.9 Å². The molecule has 4 heteroatoms. The molecule has 0 heterocycles. The van der Waals surface area contributed by atoms with Crippen LogP contribution in [-0.4, -0.2) is 26.0 Å². The molecule has 1 aliphatic rings. The number of rotatable bonds is 5. The highest BCUT2D eigenvalue weighted by Crippen LogP contribution is 2.22. The first-order valence-corrected chi connectivity index (χ1v) is 6.86. The van der Waals surface area contributed by atoms with Gasteiger partial charge in [-0.15, -0.1) is 12.4 Å². The van der Waals surface area contributed by atoms with Crippen LogP contribution in [-0.2, 0) is 12.8 Å². The Balaban J connectivity index is 0.00000180. The summed E-state index contributed by atoms with van der Waals surface area (Å²) < 4.78 is 0. The van der Waals surface area contributed by atoms with Crippen molar-refractivity contribution in [1.29, 1.82) is 0 Å². The van der Waals surface area contributed by atoms with Gasteiger partial charge in [0.2, 0.25) is 0 Å². The van der Waals surface area contributed by atoms with Gasteiger partial charge in [0.25, 0.3) is 5.91 Å². The number of aryl methyl sites for hydroxylation is 2. The highest BCUT2D eigenvalue weighted by atomic mass is 35.5. The van der Waals surface area contributed by atoms with E-state index in [1.54, 1.807) is 0 Å². The predicted molar refractivity (Wildman–Crippen MR) is 81.2 cm³/mol. The van der Waals surface area contributed by atoms with Crippen LogP contribution in [0.25, 0.3) is 0 Å². The summed E-state index contributed by atoms with van der Waals surface area (Å²) in [7, 11) is 1.92. The lowest BCUT2D eigenvalue weighted by atomic mass is 9.90. The van der Waals surface area contributed by atoms with Crippen LogP contribution in [0.4, 0.5) is 0 Å². The molecule has 2 N–H and O–H groups in total. The van der Waals surface area contributed by atoms with Crippen molar-refractivity contribution in [3.63, 3.8) is 0 Å². The fourth-order valence-electron chi connectivity index (χ4n) is 2.44. The van der Waals surface area contributed by atoms with Gasteiger partial charge in [-0.3, -0.25) is 4.79 Å². The monoisotopic (exact) mass is 282 g/mol. The summed E-state index contributed by atoms with van der Waals surface area (Å²) in [6.07, 6.45) is 5.78. The average molecular weight is 283 g/mol. The Morgan fingerprint density at radius 3 is 2.63 bits per heavy atom. The molecule has 0 radical (unpaired) electrons. The van der Waals surface area contributed by atoms with Crippen molar-refractivity contribution >= 4 is 18.3 Å². The van der Waals surface area contributed by atoms with Crippen molar-refractivity contribution in [2.75, 3.05) is 20.1 Å². The zero-order chi connectivity index (χ0) is 12.8. The van der Waals surface area contributed by atoms with Gasteiger partial charge in [0, 0.05) is 12.1 Å². The van der Waals surface area contributed by atoms with E-state index >= 15 is 0 Å². The maximum Gasteiger partial charge on any atom is 0.251 e. The van der Waals surface area contributed by atoms with E-state index in [9.17, 15) is 4.79 Å². The molecule has 106 valence electrons. The molecular formula is C15H23ClN2O. The lowest BCUT2D eigenvalue weighted by Crippen LogP contribution is -2.26. The molecular weight excluding hydrogens is 260 g/mol. The quantitative estimate of drug-likeness (QED) is 0.814. The van der Waals surface area contributed by atoms with Crippen LogP contribution in [0.2, 0.25) is 0 Å². The van der Waals surface area contributed by atoms with E-state index in [-0.39, 0.29) is 18.3 Å². The molecule has 3 nitrogen and oxygen atoms in total. The Labute approximate surface area is 121 Å². The summed E-state index contributed by atoms with van der Waals surface area (Å²) in [5.74, 6) is 0.0551. The number of carbonyl (C=O) groups excluding carboxylic acids is 1. The van der Waals surface area contributed by atoms with Crippen molar-refractivity contribution in [2.45, 2.75) is 32.1 Å². The van der Waals surface area contributed by atoms with Crippen LogP contribution in [0.1, 0.15) is 40.7 Å². The molecule has 0 aliphatic heterocycles. The number of fused-ring (bicyclic) bond motifs is 1. The lowest BCUT2D eigenvalue weighted by molar-refractivity contribution is 0.0953. The molecule has 0 saturated heterocycles. The molecule has 0 saturated carbocycles. The van der Waals surface area contributed by atoms with E-state index in [1.807, 2.05) is 13.1 Å². The van der Waals surface area contributed by atoms with Crippen LogP contribution in [0, 0.1) is 0 Å². The van der Waals surface area contributed by atoms with Crippen molar-refractivity contribution < 1.29 is 4.79 Å². The highest BCUT2D eigenvalue weighted by Gasteiger charge is 2.12. The number of carbonyl (C=O) groups is 1. The Hall–Kier alpha value is -1.06. The third kappa shape index (κ3) is 4.51. The van der Waals surface area contributed by atoms with Crippen LogP contribution in [0.3, 0.4) is 0 Å². The summed E-state index contributed by atoms with van der Waals surface area (Å²) in [6, 6.07) is 6.15. The lowest BCUT2D eigenvalue weighted by Gasteiger charge is -2.16. The Morgan fingerprint density at radius 2 is 1.89 bits per heavy atom. The van der Waals surface area contributed by atoms with Gasteiger partial charge in [0.1, 0.15) is 0 Å². The Morgan fingerprint density at radius 1 is 1.16 bits per heavy atom. The summed E-state index contributed by atoms with van der Waals surface area (Å²) >= 11 is 0. The van der Waals surface area contributed by atoms with Crippen LogP contribution in [0.5, 0.6) is 0 Å². The minimum absolute atomic E-state index is 0. The van der Waals surface area contributed by atoms with E-state index in [0.717, 1.165) is 31.5 Å². The molecule has 1 aromatic carbocycles. The molecule has 0 bridgehead atoms. The van der Waals surface area contributed by atoms with Crippen LogP contribution >= 0.6 is 12.4 Å². The second-order valence-corrected chi connectivity index (χ2v) is 4.90. The third-order valence-corrected chi connectivity index (χ3v) is 3.50. The molecule has 0 spiro atoms. The number of halogens is 1. The Kier molecular flexibility index (Phi) is 6.89. The number of nitrogens with one attached hydrogen (secondary N) is 2. The SMILES string of the molecule is CNCCCNC(=O)c1ccc2c(c1)CCCC2.Cl. The molecule has 1 aliphatic carbocycles. The standard InChI is InChI=1S/C15H22N2O.ClH/c1-16-9-4-10-17-15(18)14-8-7-12-5-2-3-6-13(12)11-14;/h7-8,11,16H,2-6,9-10H2,1H3,(H,17,18);1H. The first kappa shape index (κ1) is 16.0. The van der Waals surface area contributed by atoms with E-state index in [2.05, 4.69) is 22.8 Å². The summed E-state index contributed by atoms with van der Waals surface area (Å²) in [6.45, 7) is 1.67. The van der Waals surface area contributed by atoms with Gasteiger partial charge in [-0.1, -0.05) is 6.07 Å². The molecule has 2 rings (SSSR count). The average Bonchev–Trinajstić information content (AvgIpc) is 2.43. The second kappa shape index (κ2) is 8.18. The fourth-order valence-corrected chi connectivity index (χ4v) is 2.44. The zero-order valence-corrected chi connectivity index (χ0v) is 12.3. The maximum atomic E-state index is 12.0. The molecule has 1 amide bonds. The highest BCUT2D eigenvalue weighted by molar-refractivity contribution is 5.94. The first-order valence-electron chi connectivity index (χ1n) is 6.86. The van der Waals surface area contributed by atoms with Crippen LogP contribution < -0.4 is 10.6 Å². The zero-order valence-electron chi connectivity index (χ0n) is 11.5. The van der Waals surface area contributed by atoms with Gasteiger partial charge in [-0.05, 0) is 69.0 Å². The molecule has 0 atom stereocenters. The topological polar surface area (TPSA) is 41.1 Å². The first-order chi connectivity index (χ1) is 8.81. The maximum absolute atomic E-state index is 12.0. The minimum atomic E-state index is 0. The number of amides is 1. The van der Waals surface area contributed by atoms with Gasteiger partial charge < -0.3 is 10.6 Å². The van der Waals surface area contributed by atoms with Gasteiger partial charge in [-0.25, -0.2) is 0 Å². The van der Waals surface area contributed by atoms with Crippen molar-refractivity contribution in [2.24, 2.45) is 0 Å². The van der Waals surface area contributed by atoms with E-state index in [0.29, 0.717) is 0 Å². The molecule has 0 fully saturated rings. The van der Waals surface area contributed by atoms with E-state index in [1.165, 1.54) is 30.4 Å². The largest absolute Gasteiger partial charge is 0.352 e. The molecule has 0 aromatic heterocycles. The van der Waals surface area contributed by atoms with Crippen LogP contribution in [0.15, 0.2) is 18.2 Å². The summed E-state index contributed by atoms with van der Waals surface area (Å²) in [5.41, 5.74) is 3.59. The molecule has 1 aromatic rings. The summed E-state index contributed by atoms with van der Waals surface area (Å²) in [4.78, 5) is 12.0. The van der Waals surface area contributed by atoms with Gasteiger partial charge in [0.15, 0.2) is 0 Å². The van der Waals surface area contributed by atoms with Crippen molar-refractivity contribution in [1.82, 2.24) is 10.6 Å². The number of benzene rings is 1. The predicted octanol–water partition coefficient (Wildman–Crippen LogP) is 2.33.